The Labute approximate surface area is 239 Å². The van der Waals surface area contributed by atoms with E-state index in [0.29, 0.717) is 0 Å². The van der Waals surface area contributed by atoms with Gasteiger partial charge in [0.15, 0.2) is 0 Å². The second-order valence-corrected chi connectivity index (χ2v) is 11.5. The van der Waals surface area contributed by atoms with Crippen LogP contribution in [-0.2, 0) is 11.8 Å². The summed E-state index contributed by atoms with van der Waals surface area (Å²) in [7, 11) is 0. The number of terminal acetylenes is 1. The fourth-order valence-corrected chi connectivity index (χ4v) is 5.79. The molecule has 0 radical (unpaired) electrons. The molecule has 3 aromatic heterocycles. The number of aromatic amines is 2. The van der Waals surface area contributed by atoms with Crippen LogP contribution in [-0.4, -0.2) is 19.9 Å². The number of nitrogens with one attached hydrogen (secondary N) is 2. The van der Waals surface area contributed by atoms with Gasteiger partial charge in [-0.2, -0.15) is 0 Å². The van der Waals surface area contributed by atoms with Gasteiger partial charge in [-0.25, -0.2) is 4.98 Å². The van der Waals surface area contributed by atoms with E-state index in [0.717, 1.165) is 79.1 Å². The van der Waals surface area contributed by atoms with E-state index in [9.17, 15) is 0 Å². The minimum atomic E-state index is -0.0677. The highest BCUT2D eigenvalue weighted by atomic mass is 14.8. The molecule has 4 nitrogen and oxygen atoms in total. The van der Waals surface area contributed by atoms with Crippen molar-refractivity contribution in [3.8, 4) is 34.6 Å². The molecule has 198 valence electrons. The molecule has 2 N–H and O–H groups in total. The van der Waals surface area contributed by atoms with Gasteiger partial charge in [-0.05, 0) is 78.7 Å². The lowest BCUT2D eigenvalue weighted by Gasteiger charge is -2.15. The Morgan fingerprint density at radius 1 is 0.707 bits per heavy atom. The molecule has 2 aliphatic heterocycles. The molecule has 7 rings (SSSR count). The number of aromatic nitrogens is 4. The first kappa shape index (κ1) is 24.9. The Kier molecular flexibility index (Phi) is 5.76. The maximum absolute atomic E-state index is 5.66. The first-order valence-corrected chi connectivity index (χ1v) is 13.9. The van der Waals surface area contributed by atoms with Crippen LogP contribution in [0.2, 0.25) is 0 Å². The van der Waals surface area contributed by atoms with Crippen LogP contribution in [0.5, 0.6) is 0 Å². The summed E-state index contributed by atoms with van der Waals surface area (Å²) in [5.74, 6) is 2.73. The van der Waals surface area contributed by atoms with Crippen molar-refractivity contribution in [2.45, 2.75) is 32.6 Å². The van der Waals surface area contributed by atoms with Gasteiger partial charge in [0.1, 0.15) is 0 Å². The molecule has 2 aliphatic rings. The molecule has 0 atom stereocenters. The maximum atomic E-state index is 5.66. The monoisotopic (exact) mass is 530 g/mol. The fraction of sp³-hybridized carbons (Fsp3) is 0.135. The minimum Gasteiger partial charge on any atom is -0.355 e. The molecular formula is C37H30N4. The molecule has 5 heterocycles. The van der Waals surface area contributed by atoms with Crippen LogP contribution in [0.15, 0.2) is 84.9 Å². The number of rotatable bonds is 2. The van der Waals surface area contributed by atoms with Gasteiger partial charge in [0.25, 0.3) is 0 Å². The zero-order chi connectivity index (χ0) is 28.1. The summed E-state index contributed by atoms with van der Waals surface area (Å²) in [6, 6.07) is 29.6. The summed E-state index contributed by atoms with van der Waals surface area (Å²) in [5.41, 5.74) is 14.2. The zero-order valence-corrected chi connectivity index (χ0v) is 23.4. The Morgan fingerprint density at radius 3 is 1.85 bits per heavy atom. The predicted molar refractivity (Wildman–Crippen MR) is 170 cm³/mol. The van der Waals surface area contributed by atoms with Gasteiger partial charge in [0.2, 0.25) is 0 Å². The third kappa shape index (κ3) is 4.56. The van der Waals surface area contributed by atoms with Gasteiger partial charge in [0.05, 0.1) is 11.4 Å². The van der Waals surface area contributed by atoms with E-state index in [1.54, 1.807) is 0 Å². The quantitative estimate of drug-likeness (QED) is 0.220. The molecule has 0 aliphatic carbocycles. The predicted octanol–water partition coefficient (Wildman–Crippen LogP) is 8.63. The lowest BCUT2D eigenvalue weighted by atomic mass is 9.87. The van der Waals surface area contributed by atoms with Crippen molar-refractivity contribution >= 4 is 34.2 Å². The van der Waals surface area contributed by atoms with E-state index >= 15 is 0 Å². The van der Waals surface area contributed by atoms with Crippen molar-refractivity contribution in [1.82, 2.24) is 19.9 Å². The Balaban J connectivity index is 1.61. The van der Waals surface area contributed by atoms with E-state index in [1.807, 2.05) is 12.1 Å². The van der Waals surface area contributed by atoms with Crippen molar-refractivity contribution in [2.75, 3.05) is 0 Å². The molecule has 0 unspecified atom stereocenters. The summed E-state index contributed by atoms with van der Waals surface area (Å²) in [4.78, 5) is 17.6. The van der Waals surface area contributed by atoms with Gasteiger partial charge >= 0.3 is 0 Å². The van der Waals surface area contributed by atoms with Crippen LogP contribution >= 0.6 is 0 Å². The zero-order valence-electron chi connectivity index (χ0n) is 23.4. The molecule has 5 aromatic rings. The van der Waals surface area contributed by atoms with Crippen LogP contribution in [0.3, 0.4) is 0 Å². The average molecular weight is 531 g/mol. The highest BCUT2D eigenvalue weighted by Gasteiger charge is 2.28. The largest absolute Gasteiger partial charge is 0.355 e. The second-order valence-electron chi connectivity index (χ2n) is 11.5. The molecule has 0 fully saturated rings. The van der Waals surface area contributed by atoms with E-state index in [4.69, 9.17) is 16.4 Å². The van der Waals surface area contributed by atoms with Crippen LogP contribution in [0.4, 0.5) is 0 Å². The van der Waals surface area contributed by atoms with Crippen molar-refractivity contribution in [2.24, 2.45) is 0 Å². The first-order chi connectivity index (χ1) is 19.9. The maximum Gasteiger partial charge on any atom is 0.0737 e. The Bertz CT molecular complexity index is 2040. The van der Waals surface area contributed by atoms with Crippen LogP contribution in [0.1, 0.15) is 47.8 Å². The first-order valence-electron chi connectivity index (χ1n) is 13.9. The fourth-order valence-electron chi connectivity index (χ4n) is 5.79. The molecule has 2 aromatic carbocycles. The smallest absolute Gasteiger partial charge is 0.0737 e. The highest BCUT2D eigenvalue weighted by Crippen LogP contribution is 2.35. The van der Waals surface area contributed by atoms with Gasteiger partial charge in [-0.1, -0.05) is 61.7 Å². The summed E-state index contributed by atoms with van der Waals surface area (Å²) >= 11 is 0. The summed E-state index contributed by atoms with van der Waals surface area (Å²) < 4.78 is 0. The normalized spacial score (nSPS) is 13.7. The molecule has 0 saturated carbocycles. The number of fused-ring (bicyclic) bond motifs is 8. The van der Waals surface area contributed by atoms with Crippen LogP contribution < -0.4 is 0 Å². The Morgan fingerprint density at radius 2 is 1.27 bits per heavy atom. The van der Waals surface area contributed by atoms with Crippen LogP contribution in [0, 0.1) is 19.3 Å². The third-order valence-corrected chi connectivity index (χ3v) is 7.98. The molecule has 0 saturated heterocycles. The van der Waals surface area contributed by atoms with E-state index in [1.165, 1.54) is 5.56 Å². The summed E-state index contributed by atoms with van der Waals surface area (Å²) in [6.07, 6.45) is 10.8. The number of hydrogen-bond acceptors (Lipinski definition) is 2. The highest BCUT2D eigenvalue weighted by molar-refractivity contribution is 5.95. The number of H-pyrrole nitrogens is 2. The SMILES string of the molecule is C#Cc1ccc(-c2c3nc(c(-c4ccc(C)cc4)c4ccc(cc5nc(cc6ccc2[nH]6)CC5(C)C)[nH]4)C=C3)cc1. The number of nitrogens with zero attached hydrogens (tertiary/aromatic N) is 2. The lowest BCUT2D eigenvalue weighted by molar-refractivity contribution is 0.543. The standard InChI is InChI=1S/C37H30N4/c1-5-24-8-12-26(13-9-24)36-30-16-14-27(38-30)20-29-22-37(3,4)34(40-29)21-28-15-17-31(39-28)35(32-18-19-33(36)41-32)25-10-6-23(2)7-11-25/h1,6-21,38-39H,22H2,2-4H3. The summed E-state index contributed by atoms with van der Waals surface area (Å²) in [6.45, 7) is 6.62. The molecule has 0 spiro atoms. The average Bonchev–Trinajstić information content (AvgIpc) is 3.76. The molecule has 0 amide bonds. The minimum absolute atomic E-state index is 0.0677. The topological polar surface area (TPSA) is 57.4 Å². The van der Waals surface area contributed by atoms with Crippen molar-refractivity contribution < 1.29 is 0 Å². The number of hydrogen-bond donors (Lipinski definition) is 2. The van der Waals surface area contributed by atoms with Crippen LogP contribution in [0.25, 0.3) is 56.5 Å². The second kappa shape index (κ2) is 9.50. The van der Waals surface area contributed by atoms with E-state index < -0.39 is 0 Å². The van der Waals surface area contributed by atoms with E-state index in [2.05, 4.69) is 122 Å². The van der Waals surface area contributed by atoms with Crippen molar-refractivity contribution in [1.29, 1.82) is 0 Å². The number of benzene rings is 2. The molecular weight excluding hydrogens is 500 g/mol. The Hall–Kier alpha value is -5.14. The van der Waals surface area contributed by atoms with Gasteiger partial charge in [-0.15, -0.1) is 6.42 Å². The third-order valence-electron chi connectivity index (χ3n) is 7.98. The van der Waals surface area contributed by atoms with Gasteiger partial charge in [-0.3, -0.25) is 4.98 Å². The molecule has 4 heteroatoms. The summed E-state index contributed by atoms with van der Waals surface area (Å²) in [5, 5.41) is 0. The van der Waals surface area contributed by atoms with Gasteiger partial charge in [0, 0.05) is 62.0 Å². The van der Waals surface area contributed by atoms with Gasteiger partial charge < -0.3 is 9.97 Å². The van der Waals surface area contributed by atoms with Crippen molar-refractivity contribution in [3.63, 3.8) is 0 Å². The number of aryl methyl sites for hydroxylation is 1. The molecule has 41 heavy (non-hydrogen) atoms. The van der Waals surface area contributed by atoms with Crippen molar-refractivity contribution in [3.05, 3.63) is 119 Å². The van der Waals surface area contributed by atoms with E-state index in [-0.39, 0.29) is 5.41 Å². The molecule has 8 bridgehead atoms. The lowest BCUT2D eigenvalue weighted by Crippen LogP contribution is -2.14.